The van der Waals surface area contributed by atoms with Crippen LogP contribution in [0.25, 0.3) is 16.9 Å². The Bertz CT molecular complexity index is 1410. The Morgan fingerprint density at radius 1 is 1.36 bits per heavy atom. The van der Waals surface area contributed by atoms with E-state index < -0.39 is 24.9 Å². The number of ether oxygens (including phenoxy) is 1. The zero-order valence-corrected chi connectivity index (χ0v) is 20.5. The molecule has 2 N–H and O–H groups in total. The maximum absolute atomic E-state index is 15.0. The standard InChI is InChI=1S/C25H25ClF3N5O2/c1-13-14(2)32-24-23(18-4-3-17(26)8-19(18)27)33-20(12-34(24)25(13)35)15-5-6-36-21(7-15)16(9-30)10-31-11-22(28)29/h3-4,8-10,12,15,21-22H,5-7,11,30H2,1-2H3/b16-9+,31-10?. The van der Waals surface area contributed by atoms with Gasteiger partial charge < -0.3 is 10.5 Å². The van der Waals surface area contributed by atoms with Crippen LogP contribution in [-0.4, -0.2) is 46.3 Å². The van der Waals surface area contributed by atoms with Crippen molar-refractivity contribution in [3.63, 3.8) is 0 Å². The molecular weight excluding hydrogens is 495 g/mol. The summed E-state index contributed by atoms with van der Waals surface area (Å²) in [6, 6.07) is 4.24. The van der Waals surface area contributed by atoms with Crippen molar-refractivity contribution in [2.75, 3.05) is 13.2 Å². The minimum Gasteiger partial charge on any atom is -0.404 e. The van der Waals surface area contributed by atoms with Crippen LogP contribution in [0.3, 0.4) is 0 Å². The van der Waals surface area contributed by atoms with Crippen molar-refractivity contribution in [3.05, 3.63) is 74.3 Å². The van der Waals surface area contributed by atoms with E-state index in [2.05, 4.69) is 9.98 Å². The Morgan fingerprint density at radius 2 is 2.14 bits per heavy atom. The molecule has 1 aliphatic heterocycles. The lowest BCUT2D eigenvalue weighted by Crippen LogP contribution is -2.29. The van der Waals surface area contributed by atoms with Crippen molar-refractivity contribution in [1.29, 1.82) is 0 Å². The van der Waals surface area contributed by atoms with Gasteiger partial charge in [0.05, 0.1) is 18.3 Å². The average Bonchev–Trinajstić information content (AvgIpc) is 2.85. The lowest BCUT2D eigenvalue weighted by atomic mass is 9.89. The average molecular weight is 520 g/mol. The topological polar surface area (TPSA) is 94.9 Å². The van der Waals surface area contributed by atoms with Crippen molar-refractivity contribution >= 4 is 23.5 Å². The van der Waals surface area contributed by atoms with Crippen LogP contribution in [-0.2, 0) is 4.74 Å². The zero-order valence-electron chi connectivity index (χ0n) is 19.7. The molecule has 7 nitrogen and oxygen atoms in total. The van der Waals surface area contributed by atoms with Gasteiger partial charge in [0.15, 0.2) is 5.65 Å². The molecule has 4 rings (SSSR count). The summed E-state index contributed by atoms with van der Waals surface area (Å²) in [5.41, 5.74) is 8.08. The molecule has 0 amide bonds. The SMILES string of the molecule is Cc1nc2c(-c3ccc(Cl)cc3F)nc(C3CCOC(/C(C=NCC(F)F)=C/N)C3)cn2c(=O)c1C. The highest BCUT2D eigenvalue weighted by Crippen LogP contribution is 2.34. The van der Waals surface area contributed by atoms with E-state index in [9.17, 15) is 18.0 Å². The van der Waals surface area contributed by atoms with Crippen LogP contribution in [0.15, 0.2) is 46.0 Å². The third kappa shape index (κ3) is 5.29. The van der Waals surface area contributed by atoms with Gasteiger partial charge in [0.25, 0.3) is 12.0 Å². The summed E-state index contributed by atoms with van der Waals surface area (Å²) in [4.78, 5) is 26.2. The first kappa shape index (κ1) is 25.8. The summed E-state index contributed by atoms with van der Waals surface area (Å²) >= 11 is 5.95. The number of nitrogens with zero attached hydrogens (tertiary/aromatic N) is 4. The van der Waals surface area contributed by atoms with Crippen LogP contribution in [0.1, 0.15) is 35.7 Å². The normalized spacial score (nSPS) is 19.0. The number of hydrogen-bond acceptors (Lipinski definition) is 6. The fraction of sp³-hybridized carbons (Fsp3) is 0.360. The molecule has 0 aliphatic carbocycles. The number of alkyl halides is 2. The quantitative estimate of drug-likeness (QED) is 0.480. The van der Waals surface area contributed by atoms with Gasteiger partial charge in [-0.25, -0.2) is 23.1 Å². The van der Waals surface area contributed by atoms with Crippen LogP contribution in [0.5, 0.6) is 0 Å². The second-order valence-corrected chi connectivity index (χ2v) is 9.03. The summed E-state index contributed by atoms with van der Waals surface area (Å²) in [7, 11) is 0. The first-order valence-electron chi connectivity index (χ1n) is 11.4. The molecule has 0 radical (unpaired) electrons. The fourth-order valence-corrected chi connectivity index (χ4v) is 4.34. The molecule has 1 fully saturated rings. The lowest BCUT2D eigenvalue weighted by molar-refractivity contribution is 0.0319. The Morgan fingerprint density at radius 3 is 2.83 bits per heavy atom. The minimum atomic E-state index is -2.56. The predicted molar refractivity (Wildman–Crippen MR) is 132 cm³/mol. The maximum atomic E-state index is 15.0. The summed E-state index contributed by atoms with van der Waals surface area (Å²) < 4.78 is 47.1. The number of hydrogen-bond donors (Lipinski definition) is 1. The van der Waals surface area contributed by atoms with Gasteiger partial charge in [0, 0.05) is 58.6 Å². The number of fused-ring (bicyclic) bond motifs is 1. The number of aromatic nitrogens is 3. The Balaban J connectivity index is 1.80. The number of aryl methyl sites for hydroxylation is 1. The van der Waals surface area contributed by atoms with Gasteiger partial charge in [-0.05, 0) is 44.9 Å². The van der Waals surface area contributed by atoms with Crippen LogP contribution in [0.4, 0.5) is 13.2 Å². The number of nitrogens with two attached hydrogens (primary N) is 1. The van der Waals surface area contributed by atoms with Gasteiger partial charge in [-0.1, -0.05) is 11.6 Å². The fourth-order valence-electron chi connectivity index (χ4n) is 4.18. The van der Waals surface area contributed by atoms with Gasteiger partial charge in [0.1, 0.15) is 11.5 Å². The van der Waals surface area contributed by atoms with Crippen molar-refractivity contribution in [1.82, 2.24) is 14.4 Å². The van der Waals surface area contributed by atoms with Gasteiger partial charge in [-0.15, -0.1) is 0 Å². The second kappa shape index (κ2) is 10.8. The number of aliphatic imine (C=N–C) groups is 1. The number of benzene rings is 1. The van der Waals surface area contributed by atoms with E-state index in [1.807, 2.05) is 0 Å². The molecule has 0 bridgehead atoms. The van der Waals surface area contributed by atoms with Crippen LogP contribution < -0.4 is 11.3 Å². The third-order valence-corrected chi connectivity index (χ3v) is 6.47. The first-order chi connectivity index (χ1) is 17.2. The largest absolute Gasteiger partial charge is 0.404 e. The van der Waals surface area contributed by atoms with Gasteiger partial charge in [-0.3, -0.25) is 14.2 Å². The molecule has 1 aliphatic rings. The van der Waals surface area contributed by atoms with E-state index in [1.165, 1.54) is 28.9 Å². The van der Waals surface area contributed by atoms with Crippen LogP contribution >= 0.6 is 11.6 Å². The van der Waals surface area contributed by atoms with E-state index in [-0.39, 0.29) is 33.4 Å². The molecular formula is C25H25ClF3N5O2. The summed E-state index contributed by atoms with van der Waals surface area (Å²) in [5, 5.41) is 0.232. The zero-order chi connectivity index (χ0) is 26.0. The van der Waals surface area contributed by atoms with E-state index in [1.54, 1.807) is 26.1 Å². The molecule has 2 aromatic heterocycles. The highest BCUT2D eigenvalue weighted by molar-refractivity contribution is 6.30. The molecule has 3 aromatic rings. The van der Waals surface area contributed by atoms with E-state index in [4.69, 9.17) is 27.1 Å². The minimum absolute atomic E-state index is 0.166. The molecule has 2 unspecified atom stereocenters. The highest BCUT2D eigenvalue weighted by atomic mass is 35.5. The van der Waals surface area contributed by atoms with E-state index >= 15 is 0 Å². The summed E-state index contributed by atoms with van der Waals surface area (Å²) in [6.45, 7) is 3.11. The second-order valence-electron chi connectivity index (χ2n) is 8.59. The molecule has 0 spiro atoms. The van der Waals surface area contributed by atoms with Crippen molar-refractivity contribution < 1.29 is 17.9 Å². The molecule has 190 valence electrons. The van der Waals surface area contributed by atoms with Crippen molar-refractivity contribution in [2.45, 2.75) is 45.1 Å². The Kier molecular flexibility index (Phi) is 7.75. The van der Waals surface area contributed by atoms with Gasteiger partial charge >= 0.3 is 0 Å². The smallest absolute Gasteiger partial charge is 0.261 e. The lowest BCUT2D eigenvalue weighted by Gasteiger charge is -2.30. The van der Waals surface area contributed by atoms with Crippen LogP contribution in [0.2, 0.25) is 5.02 Å². The number of rotatable bonds is 6. The van der Waals surface area contributed by atoms with E-state index in [0.717, 1.165) is 0 Å². The summed E-state index contributed by atoms with van der Waals surface area (Å²) in [5.74, 6) is -0.774. The Labute approximate surface area is 210 Å². The monoisotopic (exact) mass is 519 g/mol. The maximum Gasteiger partial charge on any atom is 0.261 e. The van der Waals surface area contributed by atoms with Crippen molar-refractivity contribution in [3.8, 4) is 11.3 Å². The molecule has 11 heteroatoms. The molecule has 1 saturated heterocycles. The third-order valence-electron chi connectivity index (χ3n) is 6.23. The first-order valence-corrected chi connectivity index (χ1v) is 11.7. The highest BCUT2D eigenvalue weighted by Gasteiger charge is 2.29. The molecule has 2 atom stereocenters. The van der Waals surface area contributed by atoms with Gasteiger partial charge in [-0.2, -0.15) is 0 Å². The molecule has 3 heterocycles. The molecule has 36 heavy (non-hydrogen) atoms. The predicted octanol–water partition coefficient (Wildman–Crippen LogP) is 4.61. The van der Waals surface area contributed by atoms with Crippen LogP contribution in [0, 0.1) is 19.7 Å². The van der Waals surface area contributed by atoms with Gasteiger partial charge in [0.2, 0.25) is 0 Å². The molecule has 1 aromatic carbocycles. The van der Waals surface area contributed by atoms with Crippen molar-refractivity contribution in [2.24, 2.45) is 10.7 Å². The Hall–Kier alpha value is -3.24. The number of halogens is 4. The van der Waals surface area contributed by atoms with E-state index in [0.29, 0.717) is 42.0 Å². The molecule has 0 saturated carbocycles. The summed E-state index contributed by atoms with van der Waals surface area (Å²) in [6.07, 6.45) is 2.13.